The highest BCUT2D eigenvalue weighted by molar-refractivity contribution is 7.99. The number of amides is 2. The predicted octanol–water partition coefficient (Wildman–Crippen LogP) is 4.40. The average molecular weight is 441 g/mol. The first-order valence-electron chi connectivity index (χ1n) is 9.15. The van der Waals surface area contributed by atoms with Gasteiger partial charge < -0.3 is 10.2 Å². The van der Waals surface area contributed by atoms with E-state index in [0.29, 0.717) is 22.7 Å². The minimum atomic E-state index is -0.704. The van der Waals surface area contributed by atoms with E-state index in [1.165, 1.54) is 40.9 Å². The van der Waals surface area contributed by atoms with Crippen LogP contribution in [-0.2, 0) is 21.9 Å². The molecule has 2 rings (SSSR count). The Morgan fingerprint density at radius 1 is 1.17 bits per heavy atom. The Labute approximate surface area is 178 Å². The van der Waals surface area contributed by atoms with Crippen molar-refractivity contribution in [2.75, 3.05) is 12.3 Å². The molecule has 2 amide bonds. The lowest BCUT2D eigenvalue weighted by Gasteiger charge is -2.28. The van der Waals surface area contributed by atoms with Gasteiger partial charge in [-0.25, -0.2) is 8.78 Å². The van der Waals surface area contributed by atoms with Crippen LogP contribution >= 0.6 is 23.4 Å². The Morgan fingerprint density at radius 2 is 1.86 bits per heavy atom. The minimum absolute atomic E-state index is 0.0512. The predicted molar refractivity (Wildman–Crippen MR) is 113 cm³/mol. The van der Waals surface area contributed by atoms with Crippen molar-refractivity contribution in [3.05, 3.63) is 70.2 Å². The van der Waals surface area contributed by atoms with Crippen LogP contribution in [0.3, 0.4) is 0 Å². The van der Waals surface area contributed by atoms with Gasteiger partial charge in [-0.1, -0.05) is 29.8 Å². The van der Waals surface area contributed by atoms with Gasteiger partial charge in [0, 0.05) is 29.4 Å². The van der Waals surface area contributed by atoms with Gasteiger partial charge >= 0.3 is 0 Å². The fourth-order valence-electron chi connectivity index (χ4n) is 2.68. The Balaban J connectivity index is 2.08. The summed E-state index contributed by atoms with van der Waals surface area (Å²) in [7, 11) is 0. The molecule has 0 saturated heterocycles. The zero-order valence-electron chi connectivity index (χ0n) is 16.3. The molecule has 0 saturated carbocycles. The summed E-state index contributed by atoms with van der Waals surface area (Å²) in [5, 5.41) is 3.01. The summed E-state index contributed by atoms with van der Waals surface area (Å²) >= 11 is 7.24. The molecule has 2 aromatic rings. The van der Waals surface area contributed by atoms with Crippen LogP contribution in [0.25, 0.3) is 0 Å². The molecule has 2 aromatic carbocycles. The second-order valence-electron chi connectivity index (χ2n) is 6.41. The van der Waals surface area contributed by atoms with E-state index in [9.17, 15) is 18.4 Å². The molecule has 0 radical (unpaired) electrons. The van der Waals surface area contributed by atoms with E-state index in [4.69, 9.17) is 11.6 Å². The number of halogens is 3. The fraction of sp³-hybridized carbons (Fsp3) is 0.333. The zero-order chi connectivity index (χ0) is 21.4. The van der Waals surface area contributed by atoms with Crippen molar-refractivity contribution in [2.45, 2.75) is 32.2 Å². The molecular weight excluding hydrogens is 418 g/mol. The molecule has 0 bridgehead atoms. The molecule has 0 heterocycles. The monoisotopic (exact) mass is 440 g/mol. The quantitative estimate of drug-likeness (QED) is 0.628. The second-order valence-corrected chi connectivity index (χ2v) is 7.80. The SMILES string of the molecule is CCNC(=O)[C@@H](C)N(Cc1ccc(F)cc1)C(=O)CSCc1c(F)cccc1Cl. The highest BCUT2D eigenvalue weighted by atomic mass is 35.5. The van der Waals surface area contributed by atoms with Crippen LogP contribution in [0.4, 0.5) is 8.78 Å². The summed E-state index contributed by atoms with van der Waals surface area (Å²) in [4.78, 5) is 26.6. The summed E-state index contributed by atoms with van der Waals surface area (Å²) in [5.74, 6) is -1.06. The average Bonchev–Trinajstić information content (AvgIpc) is 2.69. The Hall–Kier alpha value is -2.12. The minimum Gasteiger partial charge on any atom is -0.355 e. The lowest BCUT2D eigenvalue weighted by molar-refractivity contribution is -0.138. The maximum Gasteiger partial charge on any atom is 0.242 e. The summed E-state index contributed by atoms with van der Waals surface area (Å²) < 4.78 is 27.1. The maximum absolute atomic E-state index is 13.9. The molecule has 0 aliphatic carbocycles. The van der Waals surface area contributed by atoms with E-state index >= 15 is 0 Å². The number of thioether (sulfide) groups is 1. The molecule has 1 atom stereocenters. The molecule has 0 aromatic heterocycles. The topological polar surface area (TPSA) is 49.4 Å². The van der Waals surface area contributed by atoms with Crippen molar-refractivity contribution in [3.8, 4) is 0 Å². The molecule has 4 nitrogen and oxygen atoms in total. The van der Waals surface area contributed by atoms with Gasteiger partial charge in [-0.2, -0.15) is 0 Å². The molecule has 1 N–H and O–H groups in total. The van der Waals surface area contributed by atoms with Crippen molar-refractivity contribution in [1.82, 2.24) is 10.2 Å². The first-order valence-corrected chi connectivity index (χ1v) is 10.7. The molecule has 0 fully saturated rings. The number of nitrogens with one attached hydrogen (secondary N) is 1. The standard InChI is InChI=1S/C21H23ClF2N2O2S/c1-3-25-21(28)14(2)26(11-15-7-9-16(23)10-8-15)20(27)13-29-12-17-18(22)5-4-6-19(17)24/h4-10,14H,3,11-13H2,1-2H3,(H,25,28)/t14-/m1/s1. The van der Waals surface area contributed by atoms with Gasteiger partial charge in [0.1, 0.15) is 17.7 Å². The maximum atomic E-state index is 13.9. The van der Waals surface area contributed by atoms with Gasteiger partial charge in [-0.3, -0.25) is 9.59 Å². The normalized spacial score (nSPS) is 11.8. The Morgan fingerprint density at radius 3 is 2.48 bits per heavy atom. The third kappa shape index (κ3) is 6.72. The number of hydrogen-bond donors (Lipinski definition) is 1. The van der Waals surface area contributed by atoms with E-state index in [1.807, 2.05) is 0 Å². The van der Waals surface area contributed by atoms with Crippen molar-refractivity contribution in [1.29, 1.82) is 0 Å². The molecule has 0 unspecified atom stereocenters. The number of likely N-dealkylation sites (N-methyl/N-ethyl adjacent to an activating group) is 1. The molecule has 0 aliphatic rings. The van der Waals surface area contributed by atoms with Gasteiger partial charge in [0.2, 0.25) is 11.8 Å². The van der Waals surface area contributed by atoms with Crippen LogP contribution in [0.2, 0.25) is 5.02 Å². The molecule has 0 aliphatic heterocycles. The van der Waals surface area contributed by atoms with E-state index < -0.39 is 11.9 Å². The van der Waals surface area contributed by atoms with Crippen molar-refractivity contribution >= 4 is 35.2 Å². The number of rotatable bonds is 9. The van der Waals surface area contributed by atoms with E-state index in [-0.39, 0.29) is 35.7 Å². The molecule has 0 spiro atoms. The summed E-state index contributed by atoms with van der Waals surface area (Å²) in [5.41, 5.74) is 1.05. The first-order chi connectivity index (χ1) is 13.8. The highest BCUT2D eigenvalue weighted by Gasteiger charge is 2.25. The third-order valence-corrected chi connectivity index (χ3v) is 5.62. The third-order valence-electron chi connectivity index (χ3n) is 4.32. The zero-order valence-corrected chi connectivity index (χ0v) is 17.8. The van der Waals surface area contributed by atoms with E-state index in [2.05, 4.69) is 5.32 Å². The molecule has 156 valence electrons. The summed E-state index contributed by atoms with van der Waals surface area (Å²) in [6.45, 7) is 4.05. The lowest BCUT2D eigenvalue weighted by Crippen LogP contribution is -2.48. The molecule has 8 heteroatoms. The van der Waals surface area contributed by atoms with Crippen LogP contribution in [0.5, 0.6) is 0 Å². The number of benzene rings is 2. The summed E-state index contributed by atoms with van der Waals surface area (Å²) in [6.07, 6.45) is 0. The van der Waals surface area contributed by atoms with Gasteiger partial charge in [0.05, 0.1) is 5.75 Å². The Kier molecular flexibility index (Phi) is 8.92. The number of carbonyl (C=O) groups excluding carboxylic acids is 2. The van der Waals surface area contributed by atoms with Crippen LogP contribution in [-0.4, -0.2) is 35.1 Å². The van der Waals surface area contributed by atoms with Crippen molar-refractivity contribution in [3.63, 3.8) is 0 Å². The fourth-order valence-corrected chi connectivity index (χ4v) is 3.93. The van der Waals surface area contributed by atoms with Crippen LogP contribution in [0.1, 0.15) is 25.0 Å². The first kappa shape index (κ1) is 23.2. The second kappa shape index (κ2) is 11.2. The largest absolute Gasteiger partial charge is 0.355 e. The smallest absolute Gasteiger partial charge is 0.242 e. The molecular formula is C21H23ClF2N2O2S. The highest BCUT2D eigenvalue weighted by Crippen LogP contribution is 2.24. The van der Waals surface area contributed by atoms with Crippen molar-refractivity contribution in [2.24, 2.45) is 0 Å². The Bertz CT molecular complexity index is 829. The summed E-state index contributed by atoms with van der Waals surface area (Å²) in [6, 6.07) is 9.51. The number of nitrogens with zero attached hydrogens (tertiary/aromatic N) is 1. The van der Waals surface area contributed by atoms with E-state index in [0.717, 1.165) is 0 Å². The van der Waals surface area contributed by atoms with Gasteiger partial charge in [0.25, 0.3) is 0 Å². The van der Waals surface area contributed by atoms with Crippen LogP contribution in [0.15, 0.2) is 42.5 Å². The lowest BCUT2D eigenvalue weighted by atomic mass is 10.1. The number of carbonyl (C=O) groups is 2. The van der Waals surface area contributed by atoms with Crippen LogP contribution < -0.4 is 5.32 Å². The van der Waals surface area contributed by atoms with Crippen molar-refractivity contribution < 1.29 is 18.4 Å². The number of hydrogen-bond acceptors (Lipinski definition) is 3. The van der Waals surface area contributed by atoms with Gasteiger partial charge in [-0.15, -0.1) is 11.8 Å². The van der Waals surface area contributed by atoms with Crippen LogP contribution in [0, 0.1) is 11.6 Å². The molecule has 29 heavy (non-hydrogen) atoms. The van der Waals surface area contributed by atoms with Gasteiger partial charge in [-0.05, 0) is 43.7 Å². The van der Waals surface area contributed by atoms with E-state index in [1.54, 1.807) is 32.0 Å². The van der Waals surface area contributed by atoms with Gasteiger partial charge in [0.15, 0.2) is 0 Å².